The molecule has 21 heavy (non-hydrogen) atoms. The molecule has 0 atom stereocenters. The van der Waals surface area contributed by atoms with E-state index in [0.717, 1.165) is 35.9 Å². The summed E-state index contributed by atoms with van der Waals surface area (Å²) in [6.07, 6.45) is 8.64. The van der Waals surface area contributed by atoms with Crippen LogP contribution in [0.1, 0.15) is 34.3 Å². The van der Waals surface area contributed by atoms with Crippen LogP contribution in [0, 0.1) is 0 Å². The van der Waals surface area contributed by atoms with Crippen LogP contribution in [0.2, 0.25) is 0 Å². The van der Waals surface area contributed by atoms with Crippen molar-refractivity contribution in [3.8, 4) is 0 Å². The predicted molar refractivity (Wildman–Crippen MR) is 82.5 cm³/mol. The fourth-order valence-corrected chi connectivity index (χ4v) is 3.11. The van der Waals surface area contributed by atoms with Crippen LogP contribution in [0.15, 0.2) is 48.9 Å². The van der Waals surface area contributed by atoms with Crippen molar-refractivity contribution in [2.75, 3.05) is 0 Å². The van der Waals surface area contributed by atoms with E-state index in [2.05, 4.69) is 40.0 Å². The van der Waals surface area contributed by atoms with Crippen LogP contribution in [-0.2, 0) is 13.0 Å². The van der Waals surface area contributed by atoms with Crippen LogP contribution in [-0.4, -0.2) is 15.3 Å². The lowest BCUT2D eigenvalue weighted by Crippen LogP contribution is -2.07. The maximum Gasteiger partial charge on any atom is 0.164 e. The molecule has 3 aromatic rings. The van der Waals surface area contributed by atoms with Gasteiger partial charge >= 0.3 is 0 Å². The number of nitrogens with zero attached hydrogens (tertiary/aromatic N) is 2. The zero-order chi connectivity index (χ0) is 14.2. The third-order valence-corrected chi connectivity index (χ3v) is 4.15. The minimum atomic E-state index is 0.290. The number of ketones is 1. The SMILES string of the molecule is O=C1CCCc2cn(Cc3ccc4ncccc4c3)cc21. The molecule has 0 amide bonds. The Hall–Kier alpha value is -2.42. The number of Topliss-reactive ketones (excluding diaryl/α,β-unsaturated/α-hetero) is 1. The maximum atomic E-state index is 11.9. The first-order chi connectivity index (χ1) is 10.3. The van der Waals surface area contributed by atoms with Gasteiger partial charge in [0.2, 0.25) is 0 Å². The second kappa shape index (κ2) is 4.85. The van der Waals surface area contributed by atoms with E-state index in [1.54, 1.807) is 0 Å². The lowest BCUT2D eigenvalue weighted by atomic mass is 9.95. The van der Waals surface area contributed by atoms with E-state index in [-0.39, 0.29) is 5.78 Å². The van der Waals surface area contributed by atoms with Gasteiger partial charge in [0.15, 0.2) is 5.78 Å². The van der Waals surface area contributed by atoms with Crippen LogP contribution < -0.4 is 0 Å². The zero-order valence-corrected chi connectivity index (χ0v) is 11.7. The molecule has 0 unspecified atom stereocenters. The highest BCUT2D eigenvalue weighted by Gasteiger charge is 2.18. The van der Waals surface area contributed by atoms with E-state index in [1.165, 1.54) is 11.1 Å². The molecule has 0 saturated carbocycles. The first-order valence-corrected chi connectivity index (χ1v) is 7.35. The molecule has 2 heterocycles. The van der Waals surface area contributed by atoms with E-state index in [0.29, 0.717) is 6.42 Å². The molecule has 0 N–H and O–H groups in total. The molecule has 0 saturated heterocycles. The van der Waals surface area contributed by atoms with E-state index >= 15 is 0 Å². The Balaban J connectivity index is 1.67. The normalized spacial score (nSPS) is 14.4. The van der Waals surface area contributed by atoms with E-state index in [4.69, 9.17) is 0 Å². The molecule has 0 fully saturated rings. The first-order valence-electron chi connectivity index (χ1n) is 7.35. The molecule has 104 valence electrons. The first kappa shape index (κ1) is 12.3. The summed E-state index contributed by atoms with van der Waals surface area (Å²) in [4.78, 5) is 16.2. The van der Waals surface area contributed by atoms with Crippen LogP contribution in [0.3, 0.4) is 0 Å². The van der Waals surface area contributed by atoms with Gasteiger partial charge in [-0.3, -0.25) is 9.78 Å². The molecule has 0 radical (unpaired) electrons. The number of aromatic nitrogens is 2. The largest absolute Gasteiger partial charge is 0.349 e. The Kier molecular flexibility index (Phi) is 2.85. The predicted octanol–water partition coefficient (Wildman–Crippen LogP) is 3.60. The maximum absolute atomic E-state index is 11.9. The summed E-state index contributed by atoms with van der Waals surface area (Å²) >= 11 is 0. The molecule has 3 heteroatoms. The van der Waals surface area contributed by atoms with Crippen LogP contribution in [0.25, 0.3) is 10.9 Å². The van der Waals surface area contributed by atoms with E-state index in [1.807, 2.05) is 18.5 Å². The fourth-order valence-electron chi connectivity index (χ4n) is 3.11. The molecule has 0 aliphatic heterocycles. The third kappa shape index (κ3) is 2.25. The summed E-state index contributed by atoms with van der Waals surface area (Å²) < 4.78 is 2.13. The summed E-state index contributed by atoms with van der Waals surface area (Å²) in [7, 11) is 0. The highest BCUT2D eigenvalue weighted by molar-refractivity contribution is 5.98. The van der Waals surface area contributed by atoms with Crippen molar-refractivity contribution in [2.45, 2.75) is 25.8 Å². The smallest absolute Gasteiger partial charge is 0.164 e. The lowest BCUT2D eigenvalue weighted by molar-refractivity contribution is 0.0973. The van der Waals surface area contributed by atoms with Crippen LogP contribution >= 0.6 is 0 Å². The molecule has 4 rings (SSSR count). The Morgan fingerprint density at radius 2 is 2.10 bits per heavy atom. The summed E-state index contributed by atoms with van der Waals surface area (Å²) in [5, 5.41) is 1.16. The molecule has 0 spiro atoms. The zero-order valence-electron chi connectivity index (χ0n) is 11.7. The van der Waals surface area contributed by atoms with Crippen molar-refractivity contribution >= 4 is 16.7 Å². The number of aryl methyl sites for hydroxylation is 1. The van der Waals surface area contributed by atoms with Gasteiger partial charge in [-0.05, 0) is 42.2 Å². The molecular formula is C18H16N2O. The molecule has 1 aliphatic rings. The number of hydrogen-bond donors (Lipinski definition) is 0. The Morgan fingerprint density at radius 1 is 1.14 bits per heavy atom. The molecule has 0 bridgehead atoms. The average Bonchev–Trinajstić information content (AvgIpc) is 2.91. The molecule has 1 aromatic carbocycles. The van der Waals surface area contributed by atoms with Gasteiger partial charge < -0.3 is 4.57 Å². The van der Waals surface area contributed by atoms with Crippen molar-refractivity contribution < 1.29 is 4.79 Å². The fraction of sp³-hybridized carbons (Fsp3) is 0.222. The molecule has 2 aromatic heterocycles. The van der Waals surface area contributed by atoms with Gasteiger partial charge in [-0.15, -0.1) is 0 Å². The Bertz CT molecular complexity index is 832. The van der Waals surface area contributed by atoms with E-state index in [9.17, 15) is 4.79 Å². The van der Waals surface area contributed by atoms with Crippen LogP contribution in [0.5, 0.6) is 0 Å². The summed E-state index contributed by atoms with van der Waals surface area (Å²) in [5.74, 6) is 0.290. The number of benzene rings is 1. The standard InChI is InChI=1S/C18H16N2O/c21-18-5-1-3-15-11-20(12-16(15)18)10-13-6-7-17-14(9-13)4-2-8-19-17/h2,4,6-9,11-12H,1,3,5,10H2. The van der Waals surface area contributed by atoms with Crippen molar-refractivity contribution in [3.05, 3.63) is 65.6 Å². The van der Waals surface area contributed by atoms with Gasteiger partial charge in [-0.2, -0.15) is 0 Å². The molecular weight excluding hydrogens is 260 g/mol. The third-order valence-electron chi connectivity index (χ3n) is 4.15. The number of hydrogen-bond acceptors (Lipinski definition) is 2. The quantitative estimate of drug-likeness (QED) is 0.716. The van der Waals surface area contributed by atoms with E-state index < -0.39 is 0 Å². The average molecular weight is 276 g/mol. The van der Waals surface area contributed by atoms with Gasteiger partial charge in [0.05, 0.1) is 5.52 Å². The number of rotatable bonds is 2. The minimum Gasteiger partial charge on any atom is -0.349 e. The summed E-state index contributed by atoms with van der Waals surface area (Å²) in [5.41, 5.74) is 4.37. The highest BCUT2D eigenvalue weighted by Crippen LogP contribution is 2.23. The number of carbonyl (C=O) groups is 1. The topological polar surface area (TPSA) is 34.9 Å². The lowest BCUT2D eigenvalue weighted by Gasteiger charge is -2.07. The van der Waals surface area contributed by atoms with Crippen molar-refractivity contribution in [1.82, 2.24) is 9.55 Å². The number of pyridine rings is 1. The van der Waals surface area contributed by atoms with Crippen LogP contribution in [0.4, 0.5) is 0 Å². The minimum absolute atomic E-state index is 0.290. The summed E-state index contributed by atoms with van der Waals surface area (Å²) in [6.45, 7) is 0.797. The Labute approximate surface area is 123 Å². The van der Waals surface area contributed by atoms with Gasteiger partial charge in [-0.25, -0.2) is 0 Å². The molecule has 3 nitrogen and oxygen atoms in total. The van der Waals surface area contributed by atoms with Crippen molar-refractivity contribution in [1.29, 1.82) is 0 Å². The van der Waals surface area contributed by atoms with Gasteiger partial charge in [0, 0.05) is 42.5 Å². The van der Waals surface area contributed by atoms with Crippen molar-refractivity contribution in [3.63, 3.8) is 0 Å². The Morgan fingerprint density at radius 3 is 3.00 bits per heavy atom. The second-order valence-electron chi connectivity index (χ2n) is 5.68. The van der Waals surface area contributed by atoms with Crippen molar-refractivity contribution in [2.24, 2.45) is 0 Å². The second-order valence-corrected chi connectivity index (χ2v) is 5.68. The highest BCUT2D eigenvalue weighted by atomic mass is 16.1. The van der Waals surface area contributed by atoms with Gasteiger partial charge in [-0.1, -0.05) is 12.1 Å². The summed E-state index contributed by atoms with van der Waals surface area (Å²) in [6, 6.07) is 10.4. The number of fused-ring (bicyclic) bond motifs is 2. The van der Waals surface area contributed by atoms with Gasteiger partial charge in [0.1, 0.15) is 0 Å². The van der Waals surface area contributed by atoms with Gasteiger partial charge in [0.25, 0.3) is 0 Å². The number of carbonyl (C=O) groups excluding carboxylic acids is 1. The molecule has 1 aliphatic carbocycles. The monoisotopic (exact) mass is 276 g/mol.